The van der Waals surface area contributed by atoms with Crippen LogP contribution in [0.5, 0.6) is 5.75 Å². The van der Waals surface area contributed by atoms with Crippen LogP contribution in [-0.4, -0.2) is 18.3 Å². The first kappa shape index (κ1) is 10.5. The van der Waals surface area contributed by atoms with Gasteiger partial charge in [-0.1, -0.05) is 12.1 Å². The van der Waals surface area contributed by atoms with E-state index in [0.29, 0.717) is 18.9 Å². The van der Waals surface area contributed by atoms with Crippen LogP contribution in [0, 0.1) is 0 Å². The summed E-state index contributed by atoms with van der Waals surface area (Å²) in [5.74, 6) is 1.51. The Balaban J connectivity index is 2.17. The summed E-state index contributed by atoms with van der Waals surface area (Å²) in [6, 6.07) is 5.79. The fourth-order valence-corrected chi connectivity index (χ4v) is 1.94. The molecule has 0 bridgehead atoms. The first-order valence-corrected chi connectivity index (χ1v) is 5.70. The van der Waals surface area contributed by atoms with Crippen LogP contribution in [0.15, 0.2) is 18.2 Å². The minimum absolute atomic E-state index is 0.200. The molecule has 1 aromatic rings. The van der Waals surface area contributed by atoms with Crippen LogP contribution in [0.4, 0.5) is 0 Å². The van der Waals surface area contributed by atoms with Gasteiger partial charge in [-0.25, -0.2) is 0 Å². The van der Waals surface area contributed by atoms with E-state index in [2.05, 4.69) is 0 Å². The van der Waals surface area contributed by atoms with Crippen LogP contribution < -0.4 is 4.74 Å². The summed E-state index contributed by atoms with van der Waals surface area (Å²) < 4.78 is 5.55. The van der Waals surface area contributed by atoms with Gasteiger partial charge in [0.2, 0.25) is 0 Å². The van der Waals surface area contributed by atoms with Crippen molar-refractivity contribution in [2.24, 2.45) is 0 Å². The molecule has 0 heterocycles. The second kappa shape index (κ2) is 4.67. The molecule has 0 atom stereocenters. The van der Waals surface area contributed by atoms with Crippen molar-refractivity contribution in [2.45, 2.75) is 19.3 Å². The van der Waals surface area contributed by atoms with Gasteiger partial charge in [0.15, 0.2) is 5.78 Å². The van der Waals surface area contributed by atoms with E-state index in [1.807, 2.05) is 18.2 Å². The Morgan fingerprint density at radius 3 is 3.00 bits per heavy atom. The van der Waals surface area contributed by atoms with E-state index in [0.717, 1.165) is 29.7 Å². The number of ketones is 1. The van der Waals surface area contributed by atoms with Crippen molar-refractivity contribution in [3.63, 3.8) is 0 Å². The maximum absolute atomic E-state index is 11.6. The normalized spacial score (nSPS) is 14.1. The summed E-state index contributed by atoms with van der Waals surface area (Å²) in [6.45, 7) is 0.577. The average molecular weight is 225 g/mol. The van der Waals surface area contributed by atoms with Gasteiger partial charge in [-0.2, -0.15) is 0 Å². The van der Waals surface area contributed by atoms with Crippen LogP contribution in [0.25, 0.3) is 0 Å². The minimum Gasteiger partial charge on any atom is -0.493 e. The third kappa shape index (κ3) is 2.15. The smallest absolute Gasteiger partial charge is 0.167 e. The predicted molar refractivity (Wildman–Crippen MR) is 59.9 cm³/mol. The van der Waals surface area contributed by atoms with E-state index in [-0.39, 0.29) is 5.78 Å². The molecule has 0 spiro atoms. The number of aryl methyl sites for hydroxylation is 1. The van der Waals surface area contributed by atoms with Gasteiger partial charge in [0.25, 0.3) is 0 Å². The zero-order chi connectivity index (χ0) is 10.7. The highest BCUT2D eigenvalue weighted by Gasteiger charge is 2.23. The number of ether oxygens (including phenoxy) is 1. The summed E-state index contributed by atoms with van der Waals surface area (Å²) in [6.07, 6.45) is 2.27. The van der Waals surface area contributed by atoms with Gasteiger partial charge >= 0.3 is 0 Å². The number of benzene rings is 1. The lowest BCUT2D eigenvalue weighted by atomic mass is 10.1. The van der Waals surface area contributed by atoms with E-state index >= 15 is 0 Å². The molecular weight excluding hydrogens is 212 g/mol. The number of Topliss-reactive ketones (excluding diaryl/α,β-unsaturated/α-hetero) is 1. The zero-order valence-corrected chi connectivity index (χ0v) is 9.22. The Morgan fingerprint density at radius 2 is 2.20 bits per heavy atom. The molecule has 3 heteroatoms. The number of hydrogen-bond acceptors (Lipinski definition) is 2. The standard InChI is InChI=1S/C12H13ClO2/c13-7-2-8-15-11-4-1-3-9-5-6-10(14)12(9)11/h1,3-4H,2,5-8H2. The number of halogens is 1. The molecule has 0 aliphatic heterocycles. The predicted octanol–water partition coefficient (Wildman–Crippen LogP) is 2.82. The SMILES string of the molecule is O=C1CCc2cccc(OCCCCl)c21. The van der Waals surface area contributed by atoms with Crippen LogP contribution in [0.2, 0.25) is 0 Å². The third-order valence-electron chi connectivity index (χ3n) is 2.55. The molecule has 2 nitrogen and oxygen atoms in total. The van der Waals surface area contributed by atoms with Crippen molar-refractivity contribution in [3.05, 3.63) is 29.3 Å². The molecule has 0 saturated heterocycles. The summed E-state index contributed by atoms with van der Waals surface area (Å²) in [4.78, 5) is 11.6. The van der Waals surface area contributed by atoms with E-state index in [9.17, 15) is 4.79 Å². The molecule has 0 N–H and O–H groups in total. The highest BCUT2D eigenvalue weighted by Crippen LogP contribution is 2.30. The molecule has 80 valence electrons. The van der Waals surface area contributed by atoms with Gasteiger partial charge in [0, 0.05) is 12.3 Å². The molecular formula is C12H13ClO2. The van der Waals surface area contributed by atoms with Crippen molar-refractivity contribution in [1.29, 1.82) is 0 Å². The van der Waals surface area contributed by atoms with E-state index in [1.54, 1.807) is 0 Å². The monoisotopic (exact) mass is 224 g/mol. The average Bonchev–Trinajstić information content (AvgIpc) is 2.62. The number of hydrogen-bond donors (Lipinski definition) is 0. The van der Waals surface area contributed by atoms with Crippen LogP contribution in [0.1, 0.15) is 28.8 Å². The maximum atomic E-state index is 11.6. The minimum atomic E-state index is 0.200. The second-order valence-corrected chi connectivity index (χ2v) is 3.98. The van der Waals surface area contributed by atoms with Crippen LogP contribution in [-0.2, 0) is 6.42 Å². The van der Waals surface area contributed by atoms with Crippen molar-refractivity contribution >= 4 is 17.4 Å². The topological polar surface area (TPSA) is 26.3 Å². The van der Waals surface area contributed by atoms with Crippen molar-refractivity contribution in [1.82, 2.24) is 0 Å². The quantitative estimate of drug-likeness (QED) is 0.581. The fraction of sp³-hybridized carbons (Fsp3) is 0.417. The van der Waals surface area contributed by atoms with Gasteiger partial charge in [-0.3, -0.25) is 4.79 Å². The summed E-state index contributed by atoms with van der Waals surface area (Å²) in [7, 11) is 0. The molecule has 0 amide bonds. The first-order valence-electron chi connectivity index (χ1n) is 5.17. The Morgan fingerprint density at radius 1 is 1.33 bits per heavy atom. The van der Waals surface area contributed by atoms with Crippen molar-refractivity contribution in [2.75, 3.05) is 12.5 Å². The molecule has 0 fully saturated rings. The summed E-state index contributed by atoms with van der Waals surface area (Å²) in [5.41, 5.74) is 1.90. The van der Waals surface area contributed by atoms with Crippen molar-refractivity contribution < 1.29 is 9.53 Å². The third-order valence-corrected chi connectivity index (χ3v) is 2.82. The van der Waals surface area contributed by atoms with Crippen LogP contribution in [0.3, 0.4) is 0 Å². The molecule has 0 aromatic heterocycles. The Hall–Kier alpha value is -1.02. The van der Waals surface area contributed by atoms with E-state index < -0.39 is 0 Å². The van der Waals surface area contributed by atoms with Gasteiger partial charge in [0.05, 0.1) is 12.2 Å². The maximum Gasteiger partial charge on any atom is 0.167 e. The van der Waals surface area contributed by atoms with Gasteiger partial charge in [-0.05, 0) is 24.5 Å². The lowest BCUT2D eigenvalue weighted by Gasteiger charge is -2.08. The number of fused-ring (bicyclic) bond motifs is 1. The molecule has 1 aliphatic carbocycles. The Labute approximate surface area is 94.2 Å². The van der Waals surface area contributed by atoms with Crippen LogP contribution >= 0.6 is 11.6 Å². The largest absolute Gasteiger partial charge is 0.493 e. The zero-order valence-electron chi connectivity index (χ0n) is 8.46. The second-order valence-electron chi connectivity index (χ2n) is 3.60. The molecule has 15 heavy (non-hydrogen) atoms. The number of alkyl halides is 1. The lowest BCUT2D eigenvalue weighted by molar-refractivity contribution is 0.0991. The number of rotatable bonds is 4. The first-order chi connectivity index (χ1) is 7.33. The van der Waals surface area contributed by atoms with E-state index in [4.69, 9.17) is 16.3 Å². The lowest BCUT2D eigenvalue weighted by Crippen LogP contribution is -2.03. The van der Waals surface area contributed by atoms with Gasteiger partial charge in [-0.15, -0.1) is 11.6 Å². The fourth-order valence-electron chi connectivity index (χ4n) is 1.83. The van der Waals surface area contributed by atoms with Gasteiger partial charge < -0.3 is 4.74 Å². The Bertz CT molecular complexity index is 374. The molecule has 2 rings (SSSR count). The number of carbonyl (C=O) groups is 1. The highest BCUT2D eigenvalue weighted by atomic mass is 35.5. The molecule has 0 radical (unpaired) electrons. The molecule has 0 saturated carbocycles. The Kier molecular flexibility index (Phi) is 3.27. The molecule has 0 unspecified atom stereocenters. The van der Waals surface area contributed by atoms with Gasteiger partial charge in [0.1, 0.15) is 5.75 Å². The number of carbonyl (C=O) groups excluding carboxylic acids is 1. The molecule has 1 aromatic carbocycles. The van der Waals surface area contributed by atoms with Crippen molar-refractivity contribution in [3.8, 4) is 5.75 Å². The molecule has 1 aliphatic rings. The highest BCUT2D eigenvalue weighted by molar-refractivity contribution is 6.17. The van der Waals surface area contributed by atoms with E-state index in [1.165, 1.54) is 0 Å². The summed E-state index contributed by atoms with van der Waals surface area (Å²) >= 11 is 5.57. The summed E-state index contributed by atoms with van der Waals surface area (Å²) in [5, 5.41) is 0.